The van der Waals surface area contributed by atoms with Gasteiger partial charge in [-0.3, -0.25) is 4.79 Å². The highest BCUT2D eigenvalue weighted by molar-refractivity contribution is 5.77. The van der Waals surface area contributed by atoms with Crippen molar-refractivity contribution in [3.63, 3.8) is 0 Å². The summed E-state index contributed by atoms with van der Waals surface area (Å²) in [6.07, 6.45) is -0.883. The molecule has 2 N–H and O–H groups in total. The van der Waals surface area contributed by atoms with Crippen LogP contribution in [-0.4, -0.2) is 37.9 Å². The molecule has 0 bridgehead atoms. The molecule has 0 spiro atoms. The molecule has 0 aliphatic rings. The third-order valence-corrected chi connectivity index (χ3v) is 2.42. The molecular formula is C13H18FNO4. The van der Waals surface area contributed by atoms with E-state index in [4.69, 9.17) is 9.47 Å². The Balaban J connectivity index is 2.45. The first-order valence-corrected chi connectivity index (χ1v) is 5.90. The Kier molecular flexibility index (Phi) is 6.24. The van der Waals surface area contributed by atoms with Gasteiger partial charge in [-0.2, -0.15) is 0 Å². The summed E-state index contributed by atoms with van der Waals surface area (Å²) in [6.45, 7) is 2.09. The Hall–Kier alpha value is -1.66. The maximum atomic E-state index is 13.5. The van der Waals surface area contributed by atoms with E-state index in [9.17, 15) is 14.3 Å². The lowest BCUT2D eigenvalue weighted by atomic mass is 10.1. The highest BCUT2D eigenvalue weighted by atomic mass is 19.1. The normalized spacial score (nSPS) is 12.0. The van der Waals surface area contributed by atoms with Crippen LogP contribution in [-0.2, 0) is 9.53 Å². The summed E-state index contributed by atoms with van der Waals surface area (Å²) in [5.74, 6) is -0.631. The number of aliphatic hydroxyl groups is 1. The summed E-state index contributed by atoms with van der Waals surface area (Å²) >= 11 is 0. The van der Waals surface area contributed by atoms with Crippen molar-refractivity contribution in [1.29, 1.82) is 0 Å². The van der Waals surface area contributed by atoms with Crippen molar-refractivity contribution in [2.45, 2.75) is 13.0 Å². The van der Waals surface area contributed by atoms with Crippen LogP contribution >= 0.6 is 0 Å². The molecule has 0 aromatic heterocycles. The monoisotopic (exact) mass is 271 g/mol. The molecule has 0 radical (unpaired) electrons. The molecule has 106 valence electrons. The molecule has 0 saturated carbocycles. The number of amides is 1. The molecule has 0 aliphatic heterocycles. The summed E-state index contributed by atoms with van der Waals surface area (Å²) < 4.78 is 23.4. The molecule has 19 heavy (non-hydrogen) atoms. The number of hydrogen-bond donors (Lipinski definition) is 2. The van der Waals surface area contributed by atoms with E-state index in [-0.39, 0.29) is 23.8 Å². The van der Waals surface area contributed by atoms with E-state index in [1.807, 2.05) is 0 Å². The van der Waals surface area contributed by atoms with Gasteiger partial charge in [-0.15, -0.1) is 0 Å². The molecular weight excluding hydrogens is 253 g/mol. The second-order valence-corrected chi connectivity index (χ2v) is 3.99. The minimum atomic E-state index is -0.883. The van der Waals surface area contributed by atoms with Crippen LogP contribution in [0.3, 0.4) is 0 Å². The highest BCUT2D eigenvalue weighted by Crippen LogP contribution is 2.21. The number of aliphatic hydroxyl groups excluding tert-OH is 1. The zero-order valence-corrected chi connectivity index (χ0v) is 11.0. The third kappa shape index (κ3) is 5.23. The van der Waals surface area contributed by atoms with Crippen LogP contribution in [0.15, 0.2) is 18.2 Å². The number of benzene rings is 1. The van der Waals surface area contributed by atoms with E-state index in [0.29, 0.717) is 13.2 Å². The van der Waals surface area contributed by atoms with Gasteiger partial charge in [0.15, 0.2) is 6.61 Å². The molecule has 1 aromatic rings. The van der Waals surface area contributed by atoms with E-state index in [1.54, 1.807) is 0 Å². The smallest absolute Gasteiger partial charge is 0.258 e. The SMILES string of the molecule is COCCNC(=O)COc1ccc(C(C)O)c(F)c1. The van der Waals surface area contributed by atoms with Crippen molar-refractivity contribution in [3.05, 3.63) is 29.6 Å². The summed E-state index contributed by atoms with van der Waals surface area (Å²) in [4.78, 5) is 11.3. The van der Waals surface area contributed by atoms with Crippen LogP contribution < -0.4 is 10.1 Å². The Morgan fingerprint density at radius 1 is 1.53 bits per heavy atom. The average Bonchev–Trinajstić information content (AvgIpc) is 2.36. The fraction of sp³-hybridized carbons (Fsp3) is 0.462. The fourth-order valence-corrected chi connectivity index (χ4v) is 1.43. The second-order valence-electron chi connectivity index (χ2n) is 3.99. The second kappa shape index (κ2) is 7.70. The fourth-order valence-electron chi connectivity index (χ4n) is 1.43. The number of halogens is 1. The van der Waals surface area contributed by atoms with Crippen molar-refractivity contribution in [2.75, 3.05) is 26.9 Å². The van der Waals surface area contributed by atoms with Crippen molar-refractivity contribution in [2.24, 2.45) is 0 Å². The number of methoxy groups -OCH3 is 1. The Morgan fingerprint density at radius 3 is 2.84 bits per heavy atom. The first kappa shape index (κ1) is 15.4. The predicted octanol–water partition coefficient (Wildman–Crippen LogP) is 1.02. The van der Waals surface area contributed by atoms with Crippen LogP contribution in [0, 0.1) is 5.82 Å². The Labute approximate surface area is 111 Å². The number of carbonyl (C=O) groups is 1. The van der Waals surface area contributed by atoms with Gasteiger partial charge in [0.1, 0.15) is 11.6 Å². The minimum absolute atomic E-state index is 0.192. The van der Waals surface area contributed by atoms with Gasteiger partial charge in [0, 0.05) is 25.3 Å². The van der Waals surface area contributed by atoms with Gasteiger partial charge in [-0.05, 0) is 19.1 Å². The molecule has 1 rings (SSSR count). The molecule has 6 heteroatoms. The van der Waals surface area contributed by atoms with Gasteiger partial charge in [0.2, 0.25) is 0 Å². The first-order valence-electron chi connectivity index (χ1n) is 5.90. The molecule has 5 nitrogen and oxygen atoms in total. The predicted molar refractivity (Wildman–Crippen MR) is 67.4 cm³/mol. The van der Waals surface area contributed by atoms with Crippen molar-refractivity contribution >= 4 is 5.91 Å². The number of rotatable bonds is 7. The van der Waals surface area contributed by atoms with Crippen LogP contribution in [0.1, 0.15) is 18.6 Å². The topological polar surface area (TPSA) is 67.8 Å². The average molecular weight is 271 g/mol. The maximum absolute atomic E-state index is 13.5. The zero-order valence-electron chi connectivity index (χ0n) is 11.0. The quantitative estimate of drug-likeness (QED) is 0.727. The summed E-state index contributed by atoms with van der Waals surface area (Å²) in [6, 6.07) is 4.08. The molecule has 1 amide bonds. The number of ether oxygens (including phenoxy) is 2. The Bertz CT molecular complexity index is 423. The lowest BCUT2D eigenvalue weighted by Gasteiger charge is -2.10. The van der Waals surface area contributed by atoms with E-state index < -0.39 is 11.9 Å². The minimum Gasteiger partial charge on any atom is -0.484 e. The van der Waals surface area contributed by atoms with Gasteiger partial charge in [0.25, 0.3) is 5.91 Å². The van der Waals surface area contributed by atoms with Crippen molar-refractivity contribution < 1.29 is 23.8 Å². The van der Waals surface area contributed by atoms with Crippen molar-refractivity contribution in [3.8, 4) is 5.75 Å². The van der Waals surface area contributed by atoms with Gasteiger partial charge in [0.05, 0.1) is 12.7 Å². The molecule has 0 saturated heterocycles. The van der Waals surface area contributed by atoms with Crippen LogP contribution in [0.2, 0.25) is 0 Å². The maximum Gasteiger partial charge on any atom is 0.258 e. The highest BCUT2D eigenvalue weighted by Gasteiger charge is 2.09. The standard InChI is InChI=1S/C13H18FNO4/c1-9(16)11-4-3-10(7-12(11)14)19-8-13(17)15-5-6-18-2/h3-4,7,9,16H,5-6,8H2,1-2H3,(H,15,17). The molecule has 1 unspecified atom stereocenters. The third-order valence-electron chi connectivity index (χ3n) is 2.42. The summed E-state index contributed by atoms with van der Waals surface area (Å²) in [5, 5.41) is 11.9. The van der Waals surface area contributed by atoms with Crippen LogP contribution in [0.5, 0.6) is 5.75 Å². The largest absolute Gasteiger partial charge is 0.484 e. The molecule has 1 atom stereocenters. The van der Waals surface area contributed by atoms with Gasteiger partial charge in [-0.1, -0.05) is 0 Å². The lowest BCUT2D eigenvalue weighted by Crippen LogP contribution is -2.31. The van der Waals surface area contributed by atoms with E-state index in [1.165, 1.54) is 26.2 Å². The van der Waals surface area contributed by atoms with E-state index in [2.05, 4.69) is 5.32 Å². The lowest BCUT2D eigenvalue weighted by molar-refractivity contribution is -0.123. The van der Waals surface area contributed by atoms with E-state index in [0.717, 1.165) is 6.07 Å². The van der Waals surface area contributed by atoms with Crippen LogP contribution in [0.4, 0.5) is 4.39 Å². The van der Waals surface area contributed by atoms with Gasteiger partial charge < -0.3 is 19.9 Å². The number of hydrogen-bond acceptors (Lipinski definition) is 4. The van der Waals surface area contributed by atoms with Crippen molar-refractivity contribution in [1.82, 2.24) is 5.32 Å². The van der Waals surface area contributed by atoms with Gasteiger partial charge >= 0.3 is 0 Å². The summed E-state index contributed by atoms with van der Waals surface area (Å²) in [7, 11) is 1.54. The molecule has 0 aliphatic carbocycles. The number of nitrogens with one attached hydrogen (secondary N) is 1. The zero-order chi connectivity index (χ0) is 14.3. The molecule has 1 aromatic carbocycles. The van der Waals surface area contributed by atoms with Gasteiger partial charge in [-0.25, -0.2) is 4.39 Å². The van der Waals surface area contributed by atoms with E-state index >= 15 is 0 Å². The first-order chi connectivity index (χ1) is 9.04. The van der Waals surface area contributed by atoms with Crippen LogP contribution in [0.25, 0.3) is 0 Å². The Morgan fingerprint density at radius 2 is 2.26 bits per heavy atom. The summed E-state index contributed by atoms with van der Waals surface area (Å²) in [5.41, 5.74) is 0.192. The number of carbonyl (C=O) groups excluding carboxylic acids is 1. The molecule has 0 heterocycles. The molecule has 0 fully saturated rings.